The summed E-state index contributed by atoms with van der Waals surface area (Å²) in [6.07, 6.45) is 5.73. The van der Waals surface area contributed by atoms with Gasteiger partial charge in [-0.05, 0) is 38.3 Å². The number of aryl methyl sites for hydroxylation is 1. The Balaban J connectivity index is 2.19. The van der Waals surface area contributed by atoms with Crippen LogP contribution < -0.4 is 0 Å². The first-order valence-electron chi connectivity index (χ1n) is 5.27. The molecular weight excluding hydrogens is 190 g/mol. The average molecular weight is 207 g/mol. The number of ether oxygens (including phenoxy) is 1. The highest BCUT2D eigenvalue weighted by Gasteiger charge is 2.04. The molecule has 0 aliphatic carbocycles. The van der Waals surface area contributed by atoms with Gasteiger partial charge in [-0.3, -0.25) is 9.78 Å². The molecule has 0 unspecified atom stereocenters. The first-order chi connectivity index (χ1) is 7.18. The Kier molecular flexibility index (Phi) is 4.81. The standard InChI is InChI=1S/C12H17NO2/c1-10(2)15-12(14)7-3-5-11-6-4-8-13-9-11/h4,6,8-10H,3,5,7H2,1-2H3. The number of carbonyl (C=O) groups excluding carboxylic acids is 1. The fourth-order valence-electron chi connectivity index (χ4n) is 1.30. The molecule has 0 amide bonds. The van der Waals surface area contributed by atoms with Crippen molar-refractivity contribution in [3.63, 3.8) is 0 Å². The van der Waals surface area contributed by atoms with Crippen LogP contribution in [0, 0.1) is 0 Å². The van der Waals surface area contributed by atoms with Crippen LogP contribution in [0.15, 0.2) is 24.5 Å². The fraction of sp³-hybridized carbons (Fsp3) is 0.500. The highest BCUT2D eigenvalue weighted by atomic mass is 16.5. The smallest absolute Gasteiger partial charge is 0.306 e. The number of hydrogen-bond acceptors (Lipinski definition) is 3. The second-order valence-corrected chi connectivity index (χ2v) is 3.75. The largest absolute Gasteiger partial charge is 0.463 e. The van der Waals surface area contributed by atoms with Gasteiger partial charge in [0, 0.05) is 18.8 Å². The number of hydrogen-bond donors (Lipinski definition) is 0. The molecule has 0 fully saturated rings. The number of aromatic nitrogens is 1. The SMILES string of the molecule is CC(C)OC(=O)CCCc1cccnc1. The van der Waals surface area contributed by atoms with E-state index < -0.39 is 0 Å². The third-order valence-electron chi connectivity index (χ3n) is 1.94. The minimum absolute atomic E-state index is 0.0177. The van der Waals surface area contributed by atoms with E-state index in [4.69, 9.17) is 4.74 Å². The molecule has 3 heteroatoms. The van der Waals surface area contributed by atoms with Crippen molar-refractivity contribution in [2.45, 2.75) is 39.2 Å². The zero-order chi connectivity index (χ0) is 11.1. The Morgan fingerprint density at radius 2 is 2.33 bits per heavy atom. The van der Waals surface area contributed by atoms with Gasteiger partial charge in [0.1, 0.15) is 0 Å². The molecule has 3 nitrogen and oxygen atoms in total. The maximum atomic E-state index is 11.2. The maximum Gasteiger partial charge on any atom is 0.306 e. The van der Waals surface area contributed by atoms with Gasteiger partial charge in [0.05, 0.1) is 6.10 Å². The molecule has 0 aliphatic rings. The van der Waals surface area contributed by atoms with Gasteiger partial charge in [-0.25, -0.2) is 0 Å². The van der Waals surface area contributed by atoms with Gasteiger partial charge >= 0.3 is 5.97 Å². The van der Waals surface area contributed by atoms with Gasteiger partial charge in [0.2, 0.25) is 0 Å². The summed E-state index contributed by atoms with van der Waals surface area (Å²) >= 11 is 0. The molecule has 0 aromatic carbocycles. The summed E-state index contributed by atoms with van der Waals surface area (Å²) in [5, 5.41) is 0. The molecule has 0 saturated heterocycles. The second kappa shape index (κ2) is 6.17. The molecule has 0 radical (unpaired) electrons. The topological polar surface area (TPSA) is 39.2 Å². The van der Waals surface area contributed by atoms with Gasteiger partial charge < -0.3 is 4.74 Å². The Bertz CT molecular complexity index is 296. The fourth-order valence-corrected chi connectivity index (χ4v) is 1.30. The van der Waals surface area contributed by atoms with Crippen molar-refractivity contribution in [1.82, 2.24) is 4.98 Å². The molecule has 0 bridgehead atoms. The zero-order valence-electron chi connectivity index (χ0n) is 9.27. The summed E-state index contributed by atoms with van der Waals surface area (Å²) < 4.78 is 5.03. The van der Waals surface area contributed by atoms with Crippen LogP contribution in [0.2, 0.25) is 0 Å². The van der Waals surface area contributed by atoms with Gasteiger partial charge in [-0.2, -0.15) is 0 Å². The summed E-state index contributed by atoms with van der Waals surface area (Å²) in [4.78, 5) is 15.2. The van der Waals surface area contributed by atoms with Crippen molar-refractivity contribution >= 4 is 5.97 Å². The summed E-state index contributed by atoms with van der Waals surface area (Å²) in [7, 11) is 0. The molecule has 0 spiro atoms. The Morgan fingerprint density at radius 1 is 1.53 bits per heavy atom. The minimum Gasteiger partial charge on any atom is -0.463 e. The summed E-state index contributed by atoms with van der Waals surface area (Å²) in [5.74, 6) is -0.117. The highest BCUT2D eigenvalue weighted by molar-refractivity contribution is 5.69. The van der Waals surface area contributed by atoms with E-state index in [-0.39, 0.29) is 12.1 Å². The molecular formula is C12H17NO2. The van der Waals surface area contributed by atoms with E-state index in [9.17, 15) is 4.79 Å². The molecule has 0 aliphatic heterocycles. The van der Waals surface area contributed by atoms with Crippen molar-refractivity contribution in [1.29, 1.82) is 0 Å². The number of esters is 1. The average Bonchev–Trinajstić information content (AvgIpc) is 2.18. The van der Waals surface area contributed by atoms with E-state index in [1.54, 1.807) is 6.20 Å². The number of rotatable bonds is 5. The second-order valence-electron chi connectivity index (χ2n) is 3.75. The molecule has 0 atom stereocenters. The van der Waals surface area contributed by atoms with Crippen molar-refractivity contribution in [3.05, 3.63) is 30.1 Å². The molecule has 1 heterocycles. The van der Waals surface area contributed by atoms with Crippen LogP contribution in [-0.2, 0) is 16.0 Å². The lowest BCUT2D eigenvalue weighted by molar-refractivity contribution is -0.147. The molecule has 15 heavy (non-hydrogen) atoms. The first kappa shape index (κ1) is 11.7. The lowest BCUT2D eigenvalue weighted by Gasteiger charge is -2.07. The number of carbonyl (C=O) groups is 1. The normalized spacial score (nSPS) is 10.3. The molecule has 1 aromatic heterocycles. The third kappa shape index (κ3) is 5.15. The van der Waals surface area contributed by atoms with Crippen LogP contribution in [0.3, 0.4) is 0 Å². The van der Waals surface area contributed by atoms with E-state index >= 15 is 0 Å². The Morgan fingerprint density at radius 3 is 2.93 bits per heavy atom. The van der Waals surface area contributed by atoms with Gasteiger partial charge in [-0.1, -0.05) is 6.07 Å². The summed E-state index contributed by atoms with van der Waals surface area (Å²) in [6, 6.07) is 3.92. The van der Waals surface area contributed by atoms with Crippen LogP contribution in [0.1, 0.15) is 32.3 Å². The number of pyridine rings is 1. The number of nitrogens with zero attached hydrogens (tertiary/aromatic N) is 1. The van der Waals surface area contributed by atoms with Crippen molar-refractivity contribution in [2.24, 2.45) is 0 Å². The predicted octanol–water partition coefficient (Wildman–Crippen LogP) is 2.36. The van der Waals surface area contributed by atoms with E-state index in [0.29, 0.717) is 6.42 Å². The van der Waals surface area contributed by atoms with Crippen molar-refractivity contribution in [2.75, 3.05) is 0 Å². The van der Waals surface area contributed by atoms with E-state index in [1.165, 1.54) is 0 Å². The molecule has 0 N–H and O–H groups in total. The quantitative estimate of drug-likeness (QED) is 0.696. The maximum absolute atomic E-state index is 11.2. The summed E-state index contributed by atoms with van der Waals surface area (Å²) in [6.45, 7) is 3.72. The van der Waals surface area contributed by atoms with E-state index in [2.05, 4.69) is 4.98 Å². The zero-order valence-corrected chi connectivity index (χ0v) is 9.27. The van der Waals surface area contributed by atoms with Crippen LogP contribution >= 0.6 is 0 Å². The molecule has 1 aromatic rings. The Labute approximate surface area is 90.5 Å². The predicted molar refractivity (Wildman–Crippen MR) is 58.4 cm³/mol. The molecule has 0 saturated carbocycles. The van der Waals surface area contributed by atoms with Crippen LogP contribution in [0.5, 0.6) is 0 Å². The molecule has 82 valence electrons. The molecule has 1 rings (SSSR count). The third-order valence-corrected chi connectivity index (χ3v) is 1.94. The van der Waals surface area contributed by atoms with Gasteiger partial charge in [-0.15, -0.1) is 0 Å². The lowest BCUT2D eigenvalue weighted by Crippen LogP contribution is -2.11. The van der Waals surface area contributed by atoms with E-state index in [1.807, 2.05) is 32.2 Å². The van der Waals surface area contributed by atoms with E-state index in [0.717, 1.165) is 18.4 Å². The van der Waals surface area contributed by atoms with Gasteiger partial charge in [0.15, 0.2) is 0 Å². The minimum atomic E-state index is -0.117. The summed E-state index contributed by atoms with van der Waals surface area (Å²) in [5.41, 5.74) is 1.16. The van der Waals surface area contributed by atoms with Crippen molar-refractivity contribution < 1.29 is 9.53 Å². The lowest BCUT2D eigenvalue weighted by atomic mass is 10.1. The van der Waals surface area contributed by atoms with Crippen LogP contribution in [-0.4, -0.2) is 17.1 Å². The first-order valence-corrected chi connectivity index (χ1v) is 5.27. The monoisotopic (exact) mass is 207 g/mol. The van der Waals surface area contributed by atoms with Crippen molar-refractivity contribution in [3.8, 4) is 0 Å². The van der Waals surface area contributed by atoms with Crippen LogP contribution in [0.4, 0.5) is 0 Å². The van der Waals surface area contributed by atoms with Crippen LogP contribution in [0.25, 0.3) is 0 Å². The highest BCUT2D eigenvalue weighted by Crippen LogP contribution is 2.04. The van der Waals surface area contributed by atoms with Gasteiger partial charge in [0.25, 0.3) is 0 Å². The Hall–Kier alpha value is -1.38.